The fraction of sp³-hybridized carbons (Fsp3) is 0.647. The van der Waals surface area contributed by atoms with E-state index in [-0.39, 0.29) is 5.60 Å². The number of hydrogen-bond acceptors (Lipinski definition) is 2. The molecule has 1 aliphatic heterocycles. The van der Waals surface area contributed by atoms with Crippen LogP contribution in [0.5, 0.6) is 5.75 Å². The fourth-order valence-electron chi connectivity index (χ4n) is 3.83. The van der Waals surface area contributed by atoms with E-state index in [4.69, 9.17) is 4.74 Å². The van der Waals surface area contributed by atoms with Gasteiger partial charge in [-0.3, -0.25) is 0 Å². The Balaban J connectivity index is 1.80. The Bertz CT molecular complexity index is 488. The number of benzene rings is 1. The largest absolute Gasteiger partial charge is 0.486 e. The maximum atomic E-state index is 6.50. The monoisotopic (exact) mass is 337 g/mol. The first-order chi connectivity index (χ1) is 9.59. The Morgan fingerprint density at radius 3 is 3.00 bits per heavy atom. The van der Waals surface area contributed by atoms with Crippen LogP contribution < -0.4 is 4.74 Å². The van der Waals surface area contributed by atoms with Gasteiger partial charge in [0, 0.05) is 16.8 Å². The van der Waals surface area contributed by atoms with E-state index in [1.807, 2.05) is 0 Å². The third-order valence-corrected chi connectivity index (χ3v) is 5.39. The Morgan fingerprint density at radius 2 is 2.20 bits per heavy atom. The highest BCUT2D eigenvalue weighted by Crippen LogP contribution is 2.48. The van der Waals surface area contributed by atoms with Gasteiger partial charge in [0.15, 0.2) is 0 Å². The lowest BCUT2D eigenvalue weighted by atomic mass is 9.71. The van der Waals surface area contributed by atoms with Crippen molar-refractivity contribution in [1.82, 2.24) is 4.90 Å². The maximum Gasteiger partial charge on any atom is 0.123 e. The van der Waals surface area contributed by atoms with Crippen LogP contribution >= 0.6 is 15.9 Å². The summed E-state index contributed by atoms with van der Waals surface area (Å²) in [6.07, 6.45) is 7.57. The number of hydrogen-bond donors (Lipinski definition) is 0. The first kappa shape index (κ1) is 14.4. The van der Waals surface area contributed by atoms with Crippen LogP contribution in [0, 0.1) is 5.92 Å². The van der Waals surface area contributed by atoms with Crippen molar-refractivity contribution < 1.29 is 4.74 Å². The molecule has 3 rings (SSSR count). The van der Waals surface area contributed by atoms with Gasteiger partial charge in [0.05, 0.1) is 0 Å². The molecular weight excluding hydrogens is 314 g/mol. The average molecular weight is 338 g/mol. The van der Waals surface area contributed by atoms with E-state index in [2.05, 4.69) is 53.1 Å². The highest BCUT2D eigenvalue weighted by atomic mass is 79.9. The van der Waals surface area contributed by atoms with Crippen molar-refractivity contribution in [2.75, 3.05) is 20.6 Å². The van der Waals surface area contributed by atoms with E-state index in [0.29, 0.717) is 5.92 Å². The molecule has 2 aliphatic rings. The van der Waals surface area contributed by atoms with E-state index in [1.165, 1.54) is 37.7 Å². The topological polar surface area (TPSA) is 12.5 Å². The molecule has 1 spiro atoms. The average Bonchev–Trinajstić information content (AvgIpc) is 2.75. The van der Waals surface area contributed by atoms with Crippen LogP contribution in [0.3, 0.4) is 0 Å². The highest BCUT2D eigenvalue weighted by Gasteiger charge is 2.46. The second-order valence-electron chi connectivity index (χ2n) is 6.63. The summed E-state index contributed by atoms with van der Waals surface area (Å²) < 4.78 is 7.66. The molecule has 0 aromatic heterocycles. The van der Waals surface area contributed by atoms with Crippen molar-refractivity contribution in [2.24, 2.45) is 5.92 Å². The van der Waals surface area contributed by atoms with Crippen molar-refractivity contribution in [3.63, 3.8) is 0 Å². The minimum atomic E-state index is 0.0807. The van der Waals surface area contributed by atoms with Gasteiger partial charge in [-0.2, -0.15) is 0 Å². The van der Waals surface area contributed by atoms with Gasteiger partial charge in [-0.25, -0.2) is 0 Å². The van der Waals surface area contributed by atoms with Crippen molar-refractivity contribution in [1.29, 1.82) is 0 Å². The van der Waals surface area contributed by atoms with Crippen LogP contribution in [0.25, 0.3) is 0 Å². The molecule has 1 saturated carbocycles. The van der Waals surface area contributed by atoms with Gasteiger partial charge < -0.3 is 9.64 Å². The summed E-state index contributed by atoms with van der Waals surface area (Å²) in [6, 6.07) is 6.46. The third kappa shape index (κ3) is 2.75. The summed E-state index contributed by atoms with van der Waals surface area (Å²) in [7, 11) is 4.33. The zero-order valence-electron chi connectivity index (χ0n) is 12.5. The lowest BCUT2D eigenvalue weighted by molar-refractivity contribution is -0.0111. The zero-order valence-corrected chi connectivity index (χ0v) is 14.1. The lowest BCUT2D eigenvalue weighted by Gasteiger charge is -2.41. The van der Waals surface area contributed by atoms with Gasteiger partial charge in [-0.1, -0.05) is 22.4 Å². The van der Waals surface area contributed by atoms with Crippen molar-refractivity contribution in [2.45, 2.75) is 44.1 Å². The van der Waals surface area contributed by atoms with Gasteiger partial charge in [-0.05, 0) is 70.1 Å². The smallest absolute Gasteiger partial charge is 0.123 e. The molecule has 1 aliphatic carbocycles. The third-order valence-electron chi connectivity index (χ3n) is 4.90. The summed E-state index contributed by atoms with van der Waals surface area (Å²) in [4.78, 5) is 2.29. The summed E-state index contributed by atoms with van der Waals surface area (Å²) in [5.74, 6) is 1.81. The second kappa shape index (κ2) is 5.69. The standard InChI is InChI=1S/C17H24BrNO/c1-19(2)10-8-14-5-3-4-9-17(14)12-13-11-15(18)6-7-16(13)20-17/h6-7,11,14H,3-5,8-10,12H2,1-2H3. The van der Waals surface area contributed by atoms with Gasteiger partial charge in [0.25, 0.3) is 0 Å². The molecule has 1 aromatic carbocycles. The number of nitrogens with zero attached hydrogens (tertiary/aromatic N) is 1. The van der Waals surface area contributed by atoms with Crippen LogP contribution in [-0.4, -0.2) is 31.1 Å². The molecule has 2 unspecified atom stereocenters. The van der Waals surface area contributed by atoms with Crippen LogP contribution in [0.4, 0.5) is 0 Å². The Kier molecular flexibility index (Phi) is 4.09. The van der Waals surface area contributed by atoms with E-state index in [0.717, 1.165) is 23.2 Å². The maximum absolute atomic E-state index is 6.50. The minimum absolute atomic E-state index is 0.0807. The van der Waals surface area contributed by atoms with E-state index in [1.54, 1.807) is 0 Å². The molecule has 0 bridgehead atoms. The van der Waals surface area contributed by atoms with Crippen LogP contribution in [0.2, 0.25) is 0 Å². The molecule has 1 heterocycles. The summed E-state index contributed by atoms with van der Waals surface area (Å²) >= 11 is 3.58. The van der Waals surface area contributed by atoms with Crippen molar-refractivity contribution >= 4 is 15.9 Å². The predicted octanol–water partition coefficient (Wildman–Crippen LogP) is 4.26. The Morgan fingerprint density at radius 1 is 1.35 bits per heavy atom. The molecule has 3 heteroatoms. The van der Waals surface area contributed by atoms with Crippen LogP contribution in [0.1, 0.15) is 37.7 Å². The molecule has 0 saturated heterocycles. The van der Waals surface area contributed by atoms with Gasteiger partial charge >= 0.3 is 0 Å². The van der Waals surface area contributed by atoms with Gasteiger partial charge in [0.2, 0.25) is 0 Å². The molecular formula is C17H24BrNO. The predicted molar refractivity (Wildman–Crippen MR) is 86.3 cm³/mol. The summed E-state index contributed by atoms with van der Waals surface area (Å²) in [5.41, 5.74) is 1.47. The SMILES string of the molecule is CN(C)CCC1CCCCC12Cc1cc(Br)ccc1O2. The molecule has 2 nitrogen and oxygen atoms in total. The number of ether oxygens (including phenoxy) is 1. The van der Waals surface area contributed by atoms with Gasteiger partial charge in [-0.15, -0.1) is 0 Å². The second-order valence-corrected chi connectivity index (χ2v) is 7.55. The van der Waals surface area contributed by atoms with Crippen molar-refractivity contribution in [3.05, 3.63) is 28.2 Å². The number of fused-ring (bicyclic) bond motifs is 1. The number of halogens is 1. The Hall–Kier alpha value is -0.540. The van der Waals surface area contributed by atoms with E-state index in [9.17, 15) is 0 Å². The fourth-order valence-corrected chi connectivity index (χ4v) is 4.24. The molecule has 0 amide bonds. The zero-order chi connectivity index (χ0) is 14.2. The van der Waals surface area contributed by atoms with E-state index >= 15 is 0 Å². The molecule has 0 N–H and O–H groups in total. The molecule has 0 radical (unpaired) electrons. The highest BCUT2D eigenvalue weighted by molar-refractivity contribution is 9.10. The number of rotatable bonds is 3. The van der Waals surface area contributed by atoms with Crippen LogP contribution in [0.15, 0.2) is 22.7 Å². The van der Waals surface area contributed by atoms with Crippen molar-refractivity contribution in [3.8, 4) is 5.75 Å². The van der Waals surface area contributed by atoms with Gasteiger partial charge in [0.1, 0.15) is 11.4 Å². The first-order valence-electron chi connectivity index (χ1n) is 7.71. The molecule has 1 aromatic rings. The normalized spacial score (nSPS) is 28.7. The lowest BCUT2D eigenvalue weighted by Crippen LogP contribution is -2.46. The van der Waals surface area contributed by atoms with Crippen LogP contribution in [-0.2, 0) is 6.42 Å². The van der Waals surface area contributed by atoms with E-state index < -0.39 is 0 Å². The minimum Gasteiger partial charge on any atom is -0.486 e. The molecule has 20 heavy (non-hydrogen) atoms. The molecule has 110 valence electrons. The summed E-state index contributed by atoms with van der Waals surface area (Å²) in [5, 5.41) is 0. The quantitative estimate of drug-likeness (QED) is 0.816. The summed E-state index contributed by atoms with van der Waals surface area (Å²) in [6.45, 7) is 1.16. The Labute approximate surface area is 130 Å². The first-order valence-corrected chi connectivity index (χ1v) is 8.50. The molecule has 1 fully saturated rings. The molecule has 2 atom stereocenters.